The SMILES string of the molecule is Cc1ccc(CCNc2nc3ccccc3n3c(C)nnc23)cc1. The van der Waals surface area contributed by atoms with Gasteiger partial charge in [0.15, 0.2) is 5.82 Å². The summed E-state index contributed by atoms with van der Waals surface area (Å²) in [5, 5.41) is 11.9. The highest BCUT2D eigenvalue weighted by molar-refractivity contribution is 5.82. The van der Waals surface area contributed by atoms with Gasteiger partial charge in [-0.15, -0.1) is 10.2 Å². The van der Waals surface area contributed by atoms with Gasteiger partial charge in [-0.05, 0) is 38.0 Å². The number of nitrogens with zero attached hydrogens (tertiary/aromatic N) is 4. The molecule has 0 saturated carbocycles. The van der Waals surface area contributed by atoms with Gasteiger partial charge >= 0.3 is 0 Å². The van der Waals surface area contributed by atoms with E-state index < -0.39 is 0 Å². The van der Waals surface area contributed by atoms with Crippen LogP contribution in [0.15, 0.2) is 48.5 Å². The highest BCUT2D eigenvalue weighted by Gasteiger charge is 2.12. The van der Waals surface area contributed by atoms with E-state index in [9.17, 15) is 0 Å². The van der Waals surface area contributed by atoms with E-state index in [2.05, 4.69) is 51.1 Å². The van der Waals surface area contributed by atoms with Crippen molar-refractivity contribution in [3.05, 3.63) is 65.5 Å². The Balaban J connectivity index is 1.64. The Bertz CT molecular complexity index is 1000. The largest absolute Gasteiger partial charge is 0.367 e. The zero-order valence-electron chi connectivity index (χ0n) is 13.8. The number of aryl methyl sites for hydroxylation is 2. The van der Waals surface area contributed by atoms with Crippen molar-refractivity contribution in [2.45, 2.75) is 20.3 Å². The van der Waals surface area contributed by atoms with Crippen LogP contribution < -0.4 is 5.32 Å². The number of para-hydroxylation sites is 2. The van der Waals surface area contributed by atoms with Gasteiger partial charge in [-0.1, -0.05) is 42.0 Å². The molecule has 0 fully saturated rings. The zero-order chi connectivity index (χ0) is 16.5. The summed E-state index contributed by atoms with van der Waals surface area (Å²) >= 11 is 0. The molecule has 2 heterocycles. The number of hydrogen-bond acceptors (Lipinski definition) is 4. The van der Waals surface area contributed by atoms with Gasteiger partial charge in [0.05, 0.1) is 11.0 Å². The topological polar surface area (TPSA) is 55.1 Å². The predicted molar refractivity (Wildman–Crippen MR) is 96.4 cm³/mol. The van der Waals surface area contributed by atoms with Crippen LogP contribution in [0, 0.1) is 13.8 Å². The van der Waals surface area contributed by atoms with E-state index in [1.807, 2.05) is 31.2 Å². The van der Waals surface area contributed by atoms with Crippen LogP contribution in [0.4, 0.5) is 5.82 Å². The van der Waals surface area contributed by atoms with Crippen LogP contribution in [-0.4, -0.2) is 26.1 Å². The summed E-state index contributed by atoms with van der Waals surface area (Å²) in [5.41, 5.74) is 5.33. The van der Waals surface area contributed by atoms with E-state index in [0.29, 0.717) is 0 Å². The van der Waals surface area contributed by atoms with Crippen LogP contribution in [0.3, 0.4) is 0 Å². The van der Waals surface area contributed by atoms with Crippen molar-refractivity contribution in [1.82, 2.24) is 19.6 Å². The van der Waals surface area contributed by atoms with Crippen molar-refractivity contribution < 1.29 is 0 Å². The first-order valence-electron chi connectivity index (χ1n) is 8.12. The number of nitrogens with one attached hydrogen (secondary N) is 1. The first-order valence-corrected chi connectivity index (χ1v) is 8.12. The van der Waals surface area contributed by atoms with Crippen molar-refractivity contribution in [2.75, 3.05) is 11.9 Å². The van der Waals surface area contributed by atoms with Crippen LogP contribution >= 0.6 is 0 Å². The van der Waals surface area contributed by atoms with E-state index in [4.69, 9.17) is 4.98 Å². The molecule has 1 N–H and O–H groups in total. The van der Waals surface area contributed by atoms with Crippen LogP contribution in [-0.2, 0) is 6.42 Å². The molecule has 0 aliphatic carbocycles. The first kappa shape index (κ1) is 14.6. The summed E-state index contributed by atoms with van der Waals surface area (Å²) in [6.45, 7) is 4.86. The average molecular weight is 317 g/mol. The normalized spacial score (nSPS) is 11.2. The van der Waals surface area contributed by atoms with Gasteiger partial charge < -0.3 is 5.32 Å². The Kier molecular flexibility index (Phi) is 3.61. The summed E-state index contributed by atoms with van der Waals surface area (Å²) < 4.78 is 2.05. The fourth-order valence-corrected chi connectivity index (χ4v) is 2.92. The standard InChI is InChI=1S/C19H19N5/c1-13-7-9-15(10-8-13)11-12-20-18-19-23-22-14(2)24(19)17-6-4-3-5-16(17)21-18/h3-10H,11-12H2,1-2H3,(H,20,21). The molecular formula is C19H19N5. The average Bonchev–Trinajstić information content (AvgIpc) is 2.99. The Morgan fingerprint density at radius 3 is 2.58 bits per heavy atom. The van der Waals surface area contributed by atoms with Gasteiger partial charge in [0.25, 0.3) is 0 Å². The molecule has 5 nitrogen and oxygen atoms in total. The molecule has 0 saturated heterocycles. The number of anilines is 1. The third-order valence-corrected chi connectivity index (χ3v) is 4.22. The number of rotatable bonds is 4. The highest BCUT2D eigenvalue weighted by atomic mass is 15.3. The van der Waals surface area contributed by atoms with Crippen molar-refractivity contribution in [2.24, 2.45) is 0 Å². The van der Waals surface area contributed by atoms with Crippen LogP contribution in [0.25, 0.3) is 16.7 Å². The van der Waals surface area contributed by atoms with Crippen molar-refractivity contribution in [1.29, 1.82) is 0 Å². The van der Waals surface area contributed by atoms with Crippen molar-refractivity contribution in [3.8, 4) is 0 Å². The summed E-state index contributed by atoms with van der Waals surface area (Å²) in [6, 6.07) is 16.7. The number of benzene rings is 2. The lowest BCUT2D eigenvalue weighted by Crippen LogP contribution is -2.09. The quantitative estimate of drug-likeness (QED) is 0.625. The Labute approximate surface area is 140 Å². The van der Waals surface area contributed by atoms with Gasteiger partial charge in [0.1, 0.15) is 5.82 Å². The van der Waals surface area contributed by atoms with E-state index in [-0.39, 0.29) is 0 Å². The minimum Gasteiger partial charge on any atom is -0.367 e. The second-order valence-corrected chi connectivity index (χ2v) is 6.02. The molecule has 0 atom stereocenters. The second kappa shape index (κ2) is 5.92. The molecule has 0 spiro atoms. The molecule has 4 aromatic rings. The van der Waals surface area contributed by atoms with Crippen LogP contribution in [0.5, 0.6) is 0 Å². The van der Waals surface area contributed by atoms with Gasteiger partial charge in [-0.25, -0.2) is 4.98 Å². The Morgan fingerprint density at radius 2 is 1.75 bits per heavy atom. The lowest BCUT2D eigenvalue weighted by atomic mass is 10.1. The number of hydrogen-bond donors (Lipinski definition) is 1. The molecule has 120 valence electrons. The summed E-state index contributed by atoms with van der Waals surface area (Å²) in [4.78, 5) is 4.73. The minimum absolute atomic E-state index is 0.773. The third-order valence-electron chi connectivity index (χ3n) is 4.22. The Hall–Kier alpha value is -2.95. The molecule has 0 bridgehead atoms. The molecule has 24 heavy (non-hydrogen) atoms. The van der Waals surface area contributed by atoms with E-state index in [0.717, 1.165) is 41.3 Å². The summed E-state index contributed by atoms with van der Waals surface area (Å²) in [5.74, 6) is 1.64. The molecule has 2 aromatic heterocycles. The molecule has 5 heteroatoms. The molecule has 4 rings (SSSR count). The highest BCUT2D eigenvalue weighted by Crippen LogP contribution is 2.21. The van der Waals surface area contributed by atoms with Gasteiger partial charge in [-0.3, -0.25) is 4.40 Å². The smallest absolute Gasteiger partial charge is 0.204 e. The number of aromatic nitrogens is 4. The van der Waals surface area contributed by atoms with Crippen LogP contribution in [0.2, 0.25) is 0 Å². The first-order chi connectivity index (χ1) is 11.7. The van der Waals surface area contributed by atoms with Crippen molar-refractivity contribution in [3.63, 3.8) is 0 Å². The molecule has 0 unspecified atom stereocenters. The third kappa shape index (κ3) is 2.58. The van der Waals surface area contributed by atoms with E-state index in [1.165, 1.54) is 11.1 Å². The second-order valence-electron chi connectivity index (χ2n) is 6.02. The predicted octanol–water partition coefficient (Wildman–Crippen LogP) is 3.55. The van der Waals surface area contributed by atoms with Gasteiger partial charge in [-0.2, -0.15) is 0 Å². The van der Waals surface area contributed by atoms with E-state index in [1.54, 1.807) is 0 Å². The molecule has 0 amide bonds. The van der Waals surface area contributed by atoms with E-state index >= 15 is 0 Å². The van der Waals surface area contributed by atoms with Crippen LogP contribution in [0.1, 0.15) is 17.0 Å². The van der Waals surface area contributed by atoms with Gasteiger partial charge in [0, 0.05) is 6.54 Å². The molecule has 0 aliphatic heterocycles. The fourth-order valence-electron chi connectivity index (χ4n) is 2.92. The maximum Gasteiger partial charge on any atom is 0.204 e. The lowest BCUT2D eigenvalue weighted by molar-refractivity contribution is 1.00. The number of fused-ring (bicyclic) bond motifs is 3. The van der Waals surface area contributed by atoms with Crippen molar-refractivity contribution >= 4 is 22.5 Å². The Morgan fingerprint density at radius 1 is 0.958 bits per heavy atom. The monoisotopic (exact) mass is 317 g/mol. The van der Waals surface area contributed by atoms with Gasteiger partial charge in [0.2, 0.25) is 5.65 Å². The molecular weight excluding hydrogens is 298 g/mol. The summed E-state index contributed by atoms with van der Waals surface area (Å²) in [6.07, 6.45) is 0.939. The zero-order valence-corrected chi connectivity index (χ0v) is 13.8. The molecule has 0 aliphatic rings. The maximum atomic E-state index is 4.73. The maximum absolute atomic E-state index is 4.73. The summed E-state index contributed by atoms with van der Waals surface area (Å²) in [7, 11) is 0. The lowest BCUT2D eigenvalue weighted by Gasteiger charge is -2.10. The molecule has 2 aromatic carbocycles. The fraction of sp³-hybridized carbons (Fsp3) is 0.211. The molecule has 0 radical (unpaired) electrons. The minimum atomic E-state index is 0.773.